The Kier molecular flexibility index (Phi) is 8.01. The van der Waals surface area contributed by atoms with Gasteiger partial charge in [0.2, 0.25) is 5.91 Å². The van der Waals surface area contributed by atoms with Gasteiger partial charge in [-0.3, -0.25) is 9.59 Å². The van der Waals surface area contributed by atoms with Gasteiger partial charge in [-0.2, -0.15) is 5.26 Å². The Morgan fingerprint density at radius 3 is 2.27 bits per heavy atom. The van der Waals surface area contributed by atoms with Crippen molar-refractivity contribution in [1.82, 2.24) is 5.32 Å². The number of nitrogens with one attached hydrogen (secondary N) is 3. The van der Waals surface area contributed by atoms with Crippen LogP contribution in [0, 0.1) is 23.0 Å². The molecule has 1 atom stereocenters. The second-order valence-corrected chi connectivity index (χ2v) is 9.12. The highest BCUT2D eigenvalue weighted by Crippen LogP contribution is 2.41. The van der Waals surface area contributed by atoms with E-state index >= 15 is 0 Å². The highest BCUT2D eigenvalue weighted by Gasteiger charge is 2.36. The number of rotatable bonds is 7. The molecule has 0 spiro atoms. The number of allylic oxidation sites excluding steroid dienone is 2. The summed E-state index contributed by atoms with van der Waals surface area (Å²) < 4.78 is 28.1. The molecule has 0 bridgehead atoms. The van der Waals surface area contributed by atoms with Gasteiger partial charge in [0.05, 0.1) is 28.3 Å². The van der Waals surface area contributed by atoms with Crippen LogP contribution in [0.4, 0.5) is 20.2 Å². The van der Waals surface area contributed by atoms with Crippen molar-refractivity contribution in [2.75, 3.05) is 16.4 Å². The van der Waals surface area contributed by atoms with E-state index in [0.29, 0.717) is 22.1 Å². The Labute approximate surface area is 217 Å². The van der Waals surface area contributed by atoms with Gasteiger partial charge in [-0.15, -0.1) is 0 Å². The van der Waals surface area contributed by atoms with Crippen LogP contribution in [0.25, 0.3) is 0 Å². The molecular weight excluding hydrogens is 494 g/mol. The van der Waals surface area contributed by atoms with Crippen molar-refractivity contribution < 1.29 is 18.4 Å². The van der Waals surface area contributed by atoms with E-state index < -0.39 is 23.5 Å². The van der Waals surface area contributed by atoms with Gasteiger partial charge in [0.15, 0.2) is 0 Å². The standard InChI is InChI=1S/C28H22F2N4O2S/c1-17-25(27(36)34-19-7-3-2-4-8-19)26(21-9-5-6-10-23(21)30)22(15-31)28(32-17)37-16-24(35)33-20-13-11-18(29)12-14-20/h2-14,26,32H,16H2,1H3,(H,33,35)(H,34,36)/t26-/m1/s1. The summed E-state index contributed by atoms with van der Waals surface area (Å²) in [6, 6.07) is 22.3. The zero-order valence-electron chi connectivity index (χ0n) is 19.7. The number of halogens is 2. The number of nitrogens with zero attached hydrogens (tertiary/aromatic N) is 1. The van der Waals surface area contributed by atoms with Crippen molar-refractivity contribution in [2.24, 2.45) is 0 Å². The van der Waals surface area contributed by atoms with Crippen LogP contribution in [0.5, 0.6) is 0 Å². The first-order valence-electron chi connectivity index (χ1n) is 11.3. The fraction of sp³-hybridized carbons (Fsp3) is 0.107. The molecule has 0 radical (unpaired) electrons. The van der Waals surface area contributed by atoms with Gasteiger partial charge in [0, 0.05) is 28.2 Å². The van der Waals surface area contributed by atoms with Crippen LogP contribution in [-0.2, 0) is 9.59 Å². The summed E-state index contributed by atoms with van der Waals surface area (Å²) >= 11 is 1.06. The number of hydrogen-bond acceptors (Lipinski definition) is 5. The van der Waals surface area contributed by atoms with Gasteiger partial charge in [0.25, 0.3) is 5.91 Å². The van der Waals surface area contributed by atoms with E-state index in [9.17, 15) is 23.6 Å². The van der Waals surface area contributed by atoms with E-state index in [4.69, 9.17) is 0 Å². The quantitative estimate of drug-likeness (QED) is 0.376. The molecular formula is C28H22F2N4O2S. The molecule has 0 unspecified atom stereocenters. The molecule has 0 aliphatic carbocycles. The summed E-state index contributed by atoms with van der Waals surface area (Å²) in [5.41, 5.74) is 1.91. The lowest BCUT2D eigenvalue weighted by molar-refractivity contribution is -0.114. The predicted molar refractivity (Wildman–Crippen MR) is 140 cm³/mol. The monoisotopic (exact) mass is 516 g/mol. The average Bonchev–Trinajstić information content (AvgIpc) is 2.89. The Balaban J connectivity index is 1.63. The molecule has 9 heteroatoms. The largest absolute Gasteiger partial charge is 0.353 e. The highest BCUT2D eigenvalue weighted by atomic mass is 32.2. The zero-order valence-corrected chi connectivity index (χ0v) is 20.5. The van der Waals surface area contributed by atoms with Crippen molar-refractivity contribution in [3.63, 3.8) is 0 Å². The van der Waals surface area contributed by atoms with Gasteiger partial charge in [-0.25, -0.2) is 8.78 Å². The van der Waals surface area contributed by atoms with Gasteiger partial charge in [0.1, 0.15) is 11.6 Å². The van der Waals surface area contributed by atoms with Gasteiger partial charge in [-0.1, -0.05) is 48.2 Å². The molecule has 37 heavy (non-hydrogen) atoms. The minimum Gasteiger partial charge on any atom is -0.353 e. The number of carbonyl (C=O) groups excluding carboxylic acids is 2. The fourth-order valence-corrected chi connectivity index (χ4v) is 4.83. The summed E-state index contributed by atoms with van der Waals surface area (Å²) in [5.74, 6) is -2.89. The first-order valence-corrected chi connectivity index (χ1v) is 12.3. The topological polar surface area (TPSA) is 94.0 Å². The Bertz CT molecular complexity index is 1430. The minimum atomic E-state index is -0.987. The number of dihydropyridines is 1. The maximum absolute atomic E-state index is 15.0. The molecule has 1 heterocycles. The number of para-hydroxylation sites is 1. The van der Waals surface area contributed by atoms with Crippen LogP contribution in [0.2, 0.25) is 0 Å². The molecule has 1 aliphatic heterocycles. The maximum atomic E-state index is 15.0. The van der Waals surface area contributed by atoms with Crippen LogP contribution in [0.1, 0.15) is 18.4 Å². The van der Waals surface area contributed by atoms with E-state index in [-0.39, 0.29) is 28.4 Å². The number of thioether (sulfide) groups is 1. The third-order valence-corrected chi connectivity index (χ3v) is 6.63. The number of amides is 2. The molecule has 0 saturated heterocycles. The predicted octanol–water partition coefficient (Wildman–Crippen LogP) is 5.67. The maximum Gasteiger partial charge on any atom is 0.254 e. The summed E-state index contributed by atoms with van der Waals surface area (Å²) in [6.07, 6.45) is 0. The number of benzene rings is 3. The summed E-state index contributed by atoms with van der Waals surface area (Å²) in [7, 11) is 0. The van der Waals surface area contributed by atoms with Crippen molar-refractivity contribution >= 4 is 35.0 Å². The van der Waals surface area contributed by atoms with Crippen LogP contribution in [0.3, 0.4) is 0 Å². The molecule has 2 amide bonds. The Morgan fingerprint density at radius 2 is 1.59 bits per heavy atom. The smallest absolute Gasteiger partial charge is 0.254 e. The van der Waals surface area contributed by atoms with Crippen molar-refractivity contribution in [3.8, 4) is 6.07 Å². The van der Waals surface area contributed by atoms with Crippen molar-refractivity contribution in [2.45, 2.75) is 12.8 Å². The second kappa shape index (κ2) is 11.5. The first-order chi connectivity index (χ1) is 17.9. The highest BCUT2D eigenvalue weighted by molar-refractivity contribution is 8.03. The SMILES string of the molecule is CC1=C(C(=O)Nc2ccccc2)[C@H](c2ccccc2F)C(C#N)=C(SCC(=O)Nc2ccc(F)cc2)N1. The molecule has 186 valence electrons. The number of hydrogen-bond donors (Lipinski definition) is 3. The van der Waals surface area contributed by atoms with Crippen LogP contribution in [-0.4, -0.2) is 17.6 Å². The van der Waals surface area contributed by atoms with Crippen LogP contribution >= 0.6 is 11.8 Å². The third kappa shape index (κ3) is 6.05. The second-order valence-electron chi connectivity index (χ2n) is 8.14. The molecule has 4 rings (SSSR count). The summed E-state index contributed by atoms with van der Waals surface area (Å²) in [5, 5.41) is 19.0. The number of anilines is 2. The lowest BCUT2D eigenvalue weighted by Crippen LogP contribution is -2.31. The van der Waals surface area contributed by atoms with Gasteiger partial charge >= 0.3 is 0 Å². The summed E-state index contributed by atoms with van der Waals surface area (Å²) in [4.78, 5) is 25.9. The van der Waals surface area contributed by atoms with E-state index in [1.807, 2.05) is 6.07 Å². The average molecular weight is 517 g/mol. The Hall–Kier alpha value is -4.42. The van der Waals surface area contributed by atoms with E-state index in [2.05, 4.69) is 22.0 Å². The van der Waals surface area contributed by atoms with E-state index in [1.165, 1.54) is 42.5 Å². The van der Waals surface area contributed by atoms with Crippen LogP contribution < -0.4 is 16.0 Å². The number of nitriles is 1. The molecule has 0 fully saturated rings. The Morgan fingerprint density at radius 1 is 0.946 bits per heavy atom. The zero-order chi connectivity index (χ0) is 26.4. The lowest BCUT2D eigenvalue weighted by Gasteiger charge is -2.30. The molecule has 0 saturated carbocycles. The van der Waals surface area contributed by atoms with Gasteiger partial charge < -0.3 is 16.0 Å². The molecule has 6 nitrogen and oxygen atoms in total. The van der Waals surface area contributed by atoms with Crippen molar-refractivity contribution in [1.29, 1.82) is 5.26 Å². The van der Waals surface area contributed by atoms with Gasteiger partial charge in [-0.05, 0) is 49.4 Å². The molecule has 3 aromatic rings. The normalized spacial score (nSPS) is 15.0. The minimum absolute atomic E-state index is 0.0757. The fourth-order valence-electron chi connectivity index (χ4n) is 3.94. The van der Waals surface area contributed by atoms with E-state index in [0.717, 1.165) is 11.8 Å². The summed E-state index contributed by atoms with van der Waals surface area (Å²) in [6.45, 7) is 1.67. The lowest BCUT2D eigenvalue weighted by atomic mass is 9.82. The third-order valence-electron chi connectivity index (χ3n) is 5.62. The van der Waals surface area contributed by atoms with Crippen molar-refractivity contribution in [3.05, 3.63) is 118 Å². The van der Waals surface area contributed by atoms with Crippen LogP contribution in [0.15, 0.2) is 101 Å². The molecule has 0 aromatic heterocycles. The molecule has 3 aromatic carbocycles. The number of carbonyl (C=O) groups is 2. The first kappa shape index (κ1) is 25.7. The molecule has 1 aliphatic rings. The molecule has 3 N–H and O–H groups in total. The van der Waals surface area contributed by atoms with E-state index in [1.54, 1.807) is 37.3 Å².